The largest absolute Gasteiger partial charge is 0.431 e. The highest BCUT2D eigenvalue weighted by Gasteiger charge is 2.36. The lowest BCUT2D eigenvalue weighted by molar-refractivity contribution is -0.0937. The fourth-order valence-corrected chi connectivity index (χ4v) is 2.34. The fraction of sp³-hybridized carbons (Fsp3) is 0.667. The van der Waals surface area contributed by atoms with Crippen LogP contribution in [0.2, 0.25) is 0 Å². The van der Waals surface area contributed by atoms with Crippen LogP contribution in [0.15, 0.2) is 23.0 Å². The molecule has 0 saturated carbocycles. The lowest BCUT2D eigenvalue weighted by atomic mass is 9.95. The van der Waals surface area contributed by atoms with Crippen LogP contribution in [0.1, 0.15) is 19.3 Å². The van der Waals surface area contributed by atoms with Crippen molar-refractivity contribution in [3.63, 3.8) is 0 Å². The summed E-state index contributed by atoms with van der Waals surface area (Å²) in [5.41, 5.74) is 5.23. The Bertz CT molecular complexity index is 368. The van der Waals surface area contributed by atoms with E-state index in [0.717, 1.165) is 12.8 Å². The van der Waals surface area contributed by atoms with E-state index in [1.807, 2.05) is 11.0 Å². The molecule has 3 nitrogen and oxygen atoms in total. The van der Waals surface area contributed by atoms with Crippen molar-refractivity contribution in [1.82, 2.24) is 4.90 Å². The summed E-state index contributed by atoms with van der Waals surface area (Å²) >= 11 is 0. The number of nitrogens with zero attached hydrogens (tertiary/aromatic N) is 1. The topological polar surface area (TPSA) is 38.5 Å². The van der Waals surface area contributed by atoms with Crippen LogP contribution in [0, 0.1) is 0 Å². The number of nitrogens with two attached hydrogens (primary N) is 1. The SMILES string of the molecule is N/C(=C1/CCCC=C1N1CCOCC1)C(F)(F)F. The van der Waals surface area contributed by atoms with E-state index < -0.39 is 11.9 Å². The molecule has 1 saturated heterocycles. The second kappa shape index (κ2) is 5.22. The predicted molar refractivity (Wildman–Crippen MR) is 61.6 cm³/mol. The first-order valence-corrected chi connectivity index (χ1v) is 6.09. The summed E-state index contributed by atoms with van der Waals surface area (Å²) in [6.45, 7) is 2.36. The average Bonchev–Trinajstić information content (AvgIpc) is 2.38. The first-order valence-electron chi connectivity index (χ1n) is 6.09. The molecule has 1 heterocycles. The second-order valence-electron chi connectivity index (χ2n) is 4.47. The molecule has 2 rings (SSSR count). The summed E-state index contributed by atoms with van der Waals surface area (Å²) in [6, 6.07) is 0. The molecule has 0 amide bonds. The molecule has 0 spiro atoms. The molecule has 2 aliphatic rings. The third-order valence-electron chi connectivity index (χ3n) is 3.26. The molecule has 0 unspecified atom stereocenters. The zero-order valence-corrected chi connectivity index (χ0v) is 10.1. The minimum absolute atomic E-state index is 0.246. The monoisotopic (exact) mass is 262 g/mol. The Kier molecular flexibility index (Phi) is 3.85. The Morgan fingerprint density at radius 3 is 2.56 bits per heavy atom. The molecule has 2 N–H and O–H groups in total. The van der Waals surface area contributed by atoms with Crippen LogP contribution in [0.3, 0.4) is 0 Å². The number of halogens is 3. The maximum atomic E-state index is 12.7. The smallest absolute Gasteiger partial charge is 0.394 e. The van der Waals surface area contributed by atoms with Crippen LogP contribution >= 0.6 is 0 Å². The third kappa shape index (κ3) is 2.80. The van der Waals surface area contributed by atoms with Gasteiger partial charge in [-0.05, 0) is 19.3 Å². The standard InChI is InChI=1S/C12H17F3N2O/c13-12(14,15)11(16)9-3-1-2-4-10(9)17-5-7-18-8-6-17/h4H,1-3,5-8,16H2/b11-9-. The zero-order valence-electron chi connectivity index (χ0n) is 10.1. The minimum Gasteiger partial charge on any atom is -0.394 e. The normalized spacial score (nSPS) is 24.8. The molecule has 0 radical (unpaired) electrons. The van der Waals surface area contributed by atoms with Crippen molar-refractivity contribution < 1.29 is 17.9 Å². The fourth-order valence-electron chi connectivity index (χ4n) is 2.34. The van der Waals surface area contributed by atoms with Gasteiger partial charge in [0.25, 0.3) is 0 Å². The van der Waals surface area contributed by atoms with E-state index in [1.165, 1.54) is 0 Å². The van der Waals surface area contributed by atoms with Gasteiger partial charge in [0.05, 0.1) is 13.2 Å². The summed E-state index contributed by atoms with van der Waals surface area (Å²) in [6.07, 6.45) is -0.656. The van der Waals surface area contributed by atoms with Gasteiger partial charge in [-0.15, -0.1) is 0 Å². The molecule has 0 bridgehead atoms. The van der Waals surface area contributed by atoms with E-state index in [2.05, 4.69) is 0 Å². The maximum absolute atomic E-state index is 12.7. The summed E-state index contributed by atoms with van der Waals surface area (Å²) in [5, 5.41) is 0. The Morgan fingerprint density at radius 2 is 1.94 bits per heavy atom. The van der Waals surface area contributed by atoms with E-state index in [-0.39, 0.29) is 5.57 Å². The number of hydrogen-bond acceptors (Lipinski definition) is 3. The van der Waals surface area contributed by atoms with Crippen LogP contribution in [0.25, 0.3) is 0 Å². The Morgan fingerprint density at radius 1 is 1.28 bits per heavy atom. The molecule has 6 heteroatoms. The molecular formula is C12H17F3N2O. The second-order valence-corrected chi connectivity index (χ2v) is 4.47. The molecule has 102 valence electrons. The van der Waals surface area contributed by atoms with Gasteiger partial charge in [0.15, 0.2) is 0 Å². The summed E-state index contributed by atoms with van der Waals surface area (Å²) in [7, 11) is 0. The van der Waals surface area contributed by atoms with E-state index in [4.69, 9.17) is 10.5 Å². The molecule has 0 aromatic heterocycles. The van der Waals surface area contributed by atoms with Gasteiger partial charge in [0, 0.05) is 24.4 Å². The van der Waals surface area contributed by atoms with E-state index >= 15 is 0 Å². The number of rotatable bonds is 1. The van der Waals surface area contributed by atoms with Crippen molar-refractivity contribution in [1.29, 1.82) is 0 Å². The van der Waals surface area contributed by atoms with Gasteiger partial charge >= 0.3 is 6.18 Å². The molecule has 0 aromatic carbocycles. The first kappa shape index (κ1) is 13.3. The van der Waals surface area contributed by atoms with Crippen molar-refractivity contribution >= 4 is 0 Å². The van der Waals surface area contributed by atoms with Gasteiger partial charge < -0.3 is 15.4 Å². The van der Waals surface area contributed by atoms with Gasteiger partial charge in [-0.3, -0.25) is 0 Å². The molecule has 1 aliphatic heterocycles. The van der Waals surface area contributed by atoms with Gasteiger partial charge in [0.1, 0.15) is 5.70 Å². The quantitative estimate of drug-likeness (QED) is 0.787. The van der Waals surface area contributed by atoms with Crippen LogP contribution in [0.5, 0.6) is 0 Å². The molecule has 18 heavy (non-hydrogen) atoms. The number of ether oxygens (including phenoxy) is 1. The lowest BCUT2D eigenvalue weighted by Gasteiger charge is -2.34. The Labute approximate surface area is 104 Å². The number of morpholine rings is 1. The van der Waals surface area contributed by atoms with Crippen molar-refractivity contribution in [3.05, 3.63) is 23.0 Å². The highest BCUT2D eigenvalue weighted by atomic mass is 19.4. The highest BCUT2D eigenvalue weighted by molar-refractivity contribution is 5.37. The van der Waals surface area contributed by atoms with E-state index in [0.29, 0.717) is 38.4 Å². The number of allylic oxidation sites excluding steroid dienone is 3. The summed E-state index contributed by atoms with van der Waals surface area (Å²) in [4.78, 5) is 1.94. The lowest BCUT2D eigenvalue weighted by Crippen LogP contribution is -2.38. The van der Waals surface area contributed by atoms with Crippen molar-refractivity contribution in [2.45, 2.75) is 25.4 Å². The number of alkyl halides is 3. The summed E-state index contributed by atoms with van der Waals surface area (Å²) in [5.74, 6) is 0. The molecule has 0 aromatic rings. The average molecular weight is 262 g/mol. The zero-order chi connectivity index (χ0) is 13.2. The van der Waals surface area contributed by atoms with Gasteiger partial charge in [0.2, 0.25) is 0 Å². The minimum atomic E-state index is -4.45. The van der Waals surface area contributed by atoms with Crippen LogP contribution in [-0.4, -0.2) is 37.4 Å². The highest BCUT2D eigenvalue weighted by Crippen LogP contribution is 2.34. The molecule has 0 atom stereocenters. The van der Waals surface area contributed by atoms with Crippen LogP contribution in [-0.2, 0) is 4.74 Å². The predicted octanol–water partition coefficient (Wildman–Crippen LogP) is 2.16. The Balaban J connectivity index is 2.28. The van der Waals surface area contributed by atoms with Crippen molar-refractivity contribution in [2.75, 3.05) is 26.3 Å². The Hall–Kier alpha value is -1.17. The van der Waals surface area contributed by atoms with Gasteiger partial charge in [-0.2, -0.15) is 13.2 Å². The van der Waals surface area contributed by atoms with E-state index in [1.54, 1.807) is 0 Å². The van der Waals surface area contributed by atoms with Crippen LogP contribution in [0.4, 0.5) is 13.2 Å². The molecular weight excluding hydrogens is 245 g/mol. The van der Waals surface area contributed by atoms with E-state index in [9.17, 15) is 13.2 Å². The molecule has 1 aliphatic carbocycles. The van der Waals surface area contributed by atoms with Crippen molar-refractivity contribution in [2.24, 2.45) is 5.73 Å². The maximum Gasteiger partial charge on any atom is 0.431 e. The van der Waals surface area contributed by atoms with Gasteiger partial charge in [-0.25, -0.2) is 0 Å². The van der Waals surface area contributed by atoms with Gasteiger partial charge in [-0.1, -0.05) is 6.08 Å². The third-order valence-corrected chi connectivity index (χ3v) is 3.26. The van der Waals surface area contributed by atoms with Crippen LogP contribution < -0.4 is 5.73 Å². The van der Waals surface area contributed by atoms with Crippen molar-refractivity contribution in [3.8, 4) is 0 Å². The molecule has 1 fully saturated rings. The summed E-state index contributed by atoms with van der Waals surface area (Å²) < 4.78 is 43.4. The first-order chi connectivity index (χ1) is 8.50. The number of hydrogen-bond donors (Lipinski definition) is 1.